The Morgan fingerprint density at radius 2 is 2.06 bits per heavy atom. The third-order valence-corrected chi connectivity index (χ3v) is 9.29. The standard InChI is InChI=1S/C20H21ClN4O4S2/c1-11-10-12(2)17(13(3)15(11)6-8-22)23-19(26)20(7-5-9-30-20)31(27,28)25-18-16(21)14(4)24-29-18/h5,9-10,25H,6-7H2,1-4H3,(H,23,26). The van der Waals surface area contributed by atoms with Crippen LogP contribution < -0.4 is 10.0 Å². The lowest BCUT2D eigenvalue weighted by Gasteiger charge is -2.27. The lowest BCUT2D eigenvalue weighted by molar-refractivity contribution is -0.116. The van der Waals surface area contributed by atoms with Crippen LogP contribution in [-0.4, -0.2) is 23.6 Å². The van der Waals surface area contributed by atoms with Crippen molar-refractivity contribution in [1.29, 1.82) is 5.26 Å². The number of nitrogens with one attached hydrogen (secondary N) is 2. The van der Waals surface area contributed by atoms with Gasteiger partial charge in [-0.15, -0.1) is 0 Å². The summed E-state index contributed by atoms with van der Waals surface area (Å²) >= 11 is 6.93. The molecule has 2 N–H and O–H groups in total. The number of aryl methyl sites for hydroxylation is 3. The molecule has 2 heterocycles. The van der Waals surface area contributed by atoms with Gasteiger partial charge in [0.05, 0.1) is 12.5 Å². The second-order valence-electron chi connectivity index (χ2n) is 7.24. The minimum atomic E-state index is -4.29. The van der Waals surface area contributed by atoms with Gasteiger partial charge in [0.2, 0.25) is 4.08 Å². The van der Waals surface area contributed by atoms with E-state index in [1.165, 1.54) is 0 Å². The van der Waals surface area contributed by atoms with Crippen molar-refractivity contribution in [2.45, 2.75) is 44.6 Å². The van der Waals surface area contributed by atoms with E-state index >= 15 is 0 Å². The minimum Gasteiger partial charge on any atom is -0.336 e. The average molecular weight is 481 g/mol. The predicted molar refractivity (Wildman–Crippen MR) is 121 cm³/mol. The Balaban J connectivity index is 1.99. The lowest BCUT2D eigenvalue weighted by Crippen LogP contribution is -2.48. The van der Waals surface area contributed by atoms with Crippen molar-refractivity contribution in [1.82, 2.24) is 5.16 Å². The summed E-state index contributed by atoms with van der Waals surface area (Å²) in [5.74, 6) is -0.946. The summed E-state index contributed by atoms with van der Waals surface area (Å²) in [6.45, 7) is 7.09. The second-order valence-corrected chi connectivity index (χ2v) is 11.0. The van der Waals surface area contributed by atoms with Crippen LogP contribution in [0.5, 0.6) is 0 Å². The second kappa shape index (κ2) is 8.57. The molecule has 1 amide bonds. The van der Waals surface area contributed by atoms with Crippen molar-refractivity contribution in [3.05, 3.63) is 50.5 Å². The number of carbonyl (C=O) groups is 1. The van der Waals surface area contributed by atoms with Gasteiger partial charge in [0.1, 0.15) is 10.7 Å². The number of hydrogen-bond donors (Lipinski definition) is 2. The molecule has 0 aliphatic carbocycles. The number of allylic oxidation sites excluding steroid dienone is 1. The average Bonchev–Trinajstić information content (AvgIpc) is 3.32. The molecule has 0 saturated heterocycles. The Kier molecular flexibility index (Phi) is 6.41. The summed E-state index contributed by atoms with van der Waals surface area (Å²) in [5, 5.41) is 17.2. The van der Waals surface area contributed by atoms with E-state index < -0.39 is 20.0 Å². The van der Waals surface area contributed by atoms with Crippen molar-refractivity contribution >= 4 is 50.9 Å². The number of thioether (sulfide) groups is 1. The maximum Gasteiger partial charge on any atom is 0.260 e. The Labute approximate surface area is 190 Å². The van der Waals surface area contributed by atoms with E-state index in [1.807, 2.05) is 19.9 Å². The lowest BCUT2D eigenvalue weighted by atomic mass is 9.95. The van der Waals surface area contributed by atoms with Gasteiger partial charge < -0.3 is 9.84 Å². The third kappa shape index (κ3) is 4.05. The zero-order valence-corrected chi connectivity index (χ0v) is 19.8. The molecule has 1 unspecified atom stereocenters. The van der Waals surface area contributed by atoms with E-state index in [2.05, 4.69) is 21.3 Å². The summed E-state index contributed by atoms with van der Waals surface area (Å²) in [4.78, 5) is 13.4. The monoisotopic (exact) mass is 480 g/mol. The number of rotatable bonds is 6. The van der Waals surface area contributed by atoms with Gasteiger partial charge in [0.15, 0.2) is 0 Å². The fourth-order valence-electron chi connectivity index (χ4n) is 3.46. The zero-order chi connectivity index (χ0) is 23.0. The molecule has 0 saturated carbocycles. The van der Waals surface area contributed by atoms with Gasteiger partial charge in [0, 0.05) is 12.1 Å². The van der Waals surface area contributed by atoms with Crippen molar-refractivity contribution < 1.29 is 17.7 Å². The third-order valence-electron chi connectivity index (χ3n) is 5.16. The molecule has 0 radical (unpaired) electrons. The smallest absolute Gasteiger partial charge is 0.260 e. The number of sulfonamides is 1. The van der Waals surface area contributed by atoms with Crippen LogP contribution in [0.3, 0.4) is 0 Å². The van der Waals surface area contributed by atoms with Gasteiger partial charge in [-0.3, -0.25) is 4.79 Å². The normalized spacial score (nSPS) is 18.1. The van der Waals surface area contributed by atoms with Crippen LogP contribution >= 0.6 is 23.4 Å². The quantitative estimate of drug-likeness (QED) is 0.629. The Bertz CT molecular complexity index is 1220. The summed E-state index contributed by atoms with van der Waals surface area (Å²) in [6, 6.07) is 3.99. The molecule has 1 aromatic carbocycles. The van der Waals surface area contributed by atoms with Crippen LogP contribution in [0.2, 0.25) is 5.02 Å². The Morgan fingerprint density at radius 1 is 1.35 bits per heavy atom. The largest absolute Gasteiger partial charge is 0.336 e. The molecule has 0 fully saturated rings. The van der Waals surface area contributed by atoms with Gasteiger partial charge in [-0.2, -0.15) is 5.26 Å². The zero-order valence-electron chi connectivity index (χ0n) is 17.4. The molecule has 0 spiro atoms. The minimum absolute atomic E-state index is 0.0291. The van der Waals surface area contributed by atoms with E-state index in [1.54, 1.807) is 25.3 Å². The van der Waals surface area contributed by atoms with Crippen LogP contribution in [0.4, 0.5) is 11.6 Å². The first-order valence-corrected chi connectivity index (χ1v) is 12.0. The van der Waals surface area contributed by atoms with Gasteiger partial charge >= 0.3 is 0 Å². The highest BCUT2D eigenvalue weighted by Gasteiger charge is 2.53. The number of aromatic nitrogens is 1. The Morgan fingerprint density at radius 3 is 2.61 bits per heavy atom. The highest BCUT2D eigenvalue weighted by atomic mass is 35.5. The van der Waals surface area contributed by atoms with Crippen LogP contribution in [0, 0.1) is 39.0 Å². The SMILES string of the molecule is Cc1cc(C)c(NC(=O)C2(S(=O)(=O)Nc3onc(C)c3Cl)CC=CS2)c(C)c1CC#N. The number of amides is 1. The molecule has 1 aromatic heterocycles. The maximum atomic E-state index is 13.4. The highest BCUT2D eigenvalue weighted by molar-refractivity contribution is 8.18. The molecule has 2 aromatic rings. The van der Waals surface area contributed by atoms with E-state index in [0.29, 0.717) is 11.4 Å². The molecule has 11 heteroatoms. The van der Waals surface area contributed by atoms with Gasteiger partial charge in [0.25, 0.3) is 21.8 Å². The van der Waals surface area contributed by atoms with Crippen LogP contribution in [-0.2, 0) is 21.2 Å². The van der Waals surface area contributed by atoms with E-state index in [-0.39, 0.29) is 23.7 Å². The summed E-state index contributed by atoms with van der Waals surface area (Å²) in [5.41, 5.74) is 4.07. The number of carbonyl (C=O) groups excluding carboxylic acids is 1. The van der Waals surface area contributed by atoms with Gasteiger partial charge in [-0.25, -0.2) is 13.1 Å². The number of benzene rings is 1. The predicted octanol–water partition coefficient (Wildman–Crippen LogP) is 4.36. The van der Waals surface area contributed by atoms with Gasteiger partial charge in [-0.1, -0.05) is 40.7 Å². The van der Waals surface area contributed by atoms with Gasteiger partial charge in [-0.05, 0) is 55.4 Å². The molecule has 1 aliphatic rings. The van der Waals surface area contributed by atoms with E-state index in [4.69, 9.17) is 21.4 Å². The van der Waals surface area contributed by atoms with Crippen molar-refractivity contribution in [3.63, 3.8) is 0 Å². The first-order valence-electron chi connectivity index (χ1n) is 9.29. The van der Waals surface area contributed by atoms with Crippen molar-refractivity contribution in [2.75, 3.05) is 10.0 Å². The van der Waals surface area contributed by atoms with E-state index in [0.717, 1.165) is 34.0 Å². The number of halogens is 1. The summed E-state index contributed by atoms with van der Waals surface area (Å²) in [6.07, 6.45) is 1.76. The molecule has 31 heavy (non-hydrogen) atoms. The molecule has 1 atom stereocenters. The summed E-state index contributed by atoms with van der Waals surface area (Å²) < 4.78 is 31.9. The number of hydrogen-bond acceptors (Lipinski definition) is 7. The molecule has 164 valence electrons. The van der Waals surface area contributed by atoms with Crippen LogP contribution in [0.15, 0.2) is 22.1 Å². The Hall–Kier alpha value is -2.48. The highest BCUT2D eigenvalue weighted by Crippen LogP contribution is 2.44. The van der Waals surface area contributed by atoms with Crippen molar-refractivity contribution in [3.8, 4) is 6.07 Å². The number of anilines is 2. The maximum absolute atomic E-state index is 13.4. The topological polar surface area (TPSA) is 125 Å². The molecule has 0 bridgehead atoms. The molecule has 8 nitrogen and oxygen atoms in total. The molecular formula is C20H21ClN4O4S2. The van der Waals surface area contributed by atoms with Crippen molar-refractivity contribution in [2.24, 2.45) is 0 Å². The fourth-order valence-corrected chi connectivity index (χ4v) is 6.35. The number of nitrogens with zero attached hydrogens (tertiary/aromatic N) is 2. The van der Waals surface area contributed by atoms with E-state index in [9.17, 15) is 13.2 Å². The first kappa shape index (κ1) is 23.2. The van der Waals surface area contributed by atoms with Crippen LogP contribution in [0.1, 0.15) is 34.4 Å². The summed E-state index contributed by atoms with van der Waals surface area (Å²) in [7, 11) is -4.29. The molecule has 3 rings (SSSR count). The number of nitriles is 1. The first-order chi connectivity index (χ1) is 14.5. The fraction of sp³-hybridized carbons (Fsp3) is 0.350. The molecular weight excluding hydrogens is 460 g/mol. The molecule has 1 aliphatic heterocycles. The van der Waals surface area contributed by atoms with Crippen LogP contribution in [0.25, 0.3) is 0 Å².